The first-order valence-electron chi connectivity index (χ1n) is 9.56. The molecule has 33 heavy (non-hydrogen) atoms. The second-order valence-electron chi connectivity index (χ2n) is 6.54. The molecule has 0 fully saturated rings. The Morgan fingerprint density at radius 1 is 1.18 bits per heavy atom. The van der Waals surface area contributed by atoms with Crippen molar-refractivity contribution in [3.63, 3.8) is 0 Å². The second-order valence-corrected chi connectivity index (χ2v) is 7.35. The van der Waals surface area contributed by atoms with E-state index in [1.165, 1.54) is 12.1 Å². The Morgan fingerprint density at radius 2 is 1.91 bits per heavy atom. The summed E-state index contributed by atoms with van der Waals surface area (Å²) in [5.74, 6) is -0.292. The number of nitriles is 1. The van der Waals surface area contributed by atoms with Crippen LogP contribution in [0.15, 0.2) is 47.7 Å². The van der Waals surface area contributed by atoms with Gasteiger partial charge in [-0.05, 0) is 55.8 Å². The van der Waals surface area contributed by atoms with E-state index >= 15 is 0 Å². The Kier molecular flexibility index (Phi) is 7.66. The Labute approximate surface area is 198 Å². The molecule has 0 atom stereocenters. The van der Waals surface area contributed by atoms with Gasteiger partial charge >= 0.3 is 6.09 Å². The molecule has 0 aliphatic rings. The molecule has 2 amide bonds. The SMILES string of the molecule is CCOC(=O)NC(=O)C(C#N)=NNc1cc(Cl)c(Oc2ccc3nccc(C)c3c2)c(Cl)c1. The van der Waals surface area contributed by atoms with Crippen molar-refractivity contribution in [2.75, 3.05) is 12.0 Å². The van der Waals surface area contributed by atoms with Crippen LogP contribution in [-0.4, -0.2) is 29.3 Å². The van der Waals surface area contributed by atoms with Crippen LogP contribution in [0.1, 0.15) is 12.5 Å². The topological polar surface area (TPSA) is 126 Å². The number of anilines is 1. The number of carbonyl (C=O) groups is 2. The van der Waals surface area contributed by atoms with Crippen molar-refractivity contribution in [2.24, 2.45) is 5.10 Å². The van der Waals surface area contributed by atoms with Crippen LogP contribution in [0.4, 0.5) is 10.5 Å². The maximum absolute atomic E-state index is 11.9. The maximum Gasteiger partial charge on any atom is 0.414 e. The summed E-state index contributed by atoms with van der Waals surface area (Å²) in [6, 6.07) is 11.8. The van der Waals surface area contributed by atoms with Crippen LogP contribution in [-0.2, 0) is 9.53 Å². The number of benzene rings is 2. The third-order valence-electron chi connectivity index (χ3n) is 4.26. The monoisotopic (exact) mass is 485 g/mol. The van der Waals surface area contributed by atoms with Gasteiger partial charge < -0.3 is 9.47 Å². The molecule has 2 aromatic carbocycles. The van der Waals surface area contributed by atoms with Gasteiger partial charge in [0.2, 0.25) is 5.71 Å². The Hall–Kier alpha value is -3.87. The zero-order chi connectivity index (χ0) is 24.0. The summed E-state index contributed by atoms with van der Waals surface area (Å²) >= 11 is 12.7. The lowest BCUT2D eigenvalue weighted by Gasteiger charge is -2.12. The van der Waals surface area contributed by atoms with Gasteiger partial charge in [0.05, 0.1) is 27.9 Å². The first-order chi connectivity index (χ1) is 15.8. The van der Waals surface area contributed by atoms with Gasteiger partial charge in [0.15, 0.2) is 5.75 Å². The maximum atomic E-state index is 11.9. The molecule has 0 saturated heterocycles. The molecule has 11 heteroatoms. The predicted molar refractivity (Wildman–Crippen MR) is 125 cm³/mol. The highest BCUT2D eigenvalue weighted by molar-refractivity contribution is 6.47. The number of carbonyl (C=O) groups excluding carboxylic acids is 2. The minimum Gasteiger partial charge on any atom is -0.454 e. The van der Waals surface area contributed by atoms with Gasteiger partial charge in [-0.1, -0.05) is 23.2 Å². The normalized spacial score (nSPS) is 10.9. The Morgan fingerprint density at radius 3 is 2.58 bits per heavy atom. The van der Waals surface area contributed by atoms with Gasteiger partial charge in [-0.2, -0.15) is 10.4 Å². The van der Waals surface area contributed by atoms with Crippen molar-refractivity contribution in [1.29, 1.82) is 5.26 Å². The standard InChI is InChI=1S/C22H17Cl2N5O4/c1-3-32-22(31)27-21(30)19(11-25)29-28-13-8-16(23)20(17(24)9-13)33-14-4-5-18-15(10-14)12(2)6-7-26-18/h4-10,28H,3H2,1-2H3,(H,27,30,31). The van der Waals surface area contributed by atoms with E-state index in [0.717, 1.165) is 16.5 Å². The fourth-order valence-corrected chi connectivity index (χ4v) is 3.30. The molecule has 3 rings (SSSR count). The van der Waals surface area contributed by atoms with Crippen LogP contribution < -0.4 is 15.5 Å². The summed E-state index contributed by atoms with van der Waals surface area (Å²) in [4.78, 5) is 27.5. The summed E-state index contributed by atoms with van der Waals surface area (Å²) in [6.07, 6.45) is 0.746. The number of amides is 2. The largest absolute Gasteiger partial charge is 0.454 e. The minimum atomic E-state index is -1.03. The smallest absolute Gasteiger partial charge is 0.414 e. The number of fused-ring (bicyclic) bond motifs is 1. The molecule has 0 saturated carbocycles. The number of alkyl carbamates (subject to hydrolysis) is 1. The quantitative estimate of drug-likeness (QED) is 0.362. The molecule has 168 valence electrons. The number of imide groups is 1. The average Bonchev–Trinajstić information content (AvgIpc) is 2.77. The summed E-state index contributed by atoms with van der Waals surface area (Å²) in [5.41, 5.74) is 4.06. The molecule has 1 aromatic heterocycles. The summed E-state index contributed by atoms with van der Waals surface area (Å²) in [5, 5.41) is 15.9. The molecule has 2 N–H and O–H groups in total. The zero-order valence-corrected chi connectivity index (χ0v) is 19.0. The van der Waals surface area contributed by atoms with Crippen LogP contribution in [0.25, 0.3) is 10.9 Å². The van der Waals surface area contributed by atoms with E-state index in [1.807, 2.05) is 30.4 Å². The van der Waals surface area contributed by atoms with Gasteiger partial charge in [-0.15, -0.1) is 0 Å². The van der Waals surface area contributed by atoms with Gasteiger partial charge in [0, 0.05) is 11.6 Å². The lowest BCUT2D eigenvalue weighted by atomic mass is 10.1. The highest BCUT2D eigenvalue weighted by Gasteiger charge is 2.16. The van der Waals surface area contributed by atoms with E-state index < -0.39 is 17.7 Å². The number of halogens is 2. The van der Waals surface area contributed by atoms with E-state index in [0.29, 0.717) is 5.75 Å². The number of hydrazone groups is 1. The number of pyridine rings is 1. The summed E-state index contributed by atoms with van der Waals surface area (Å²) in [7, 11) is 0. The highest BCUT2D eigenvalue weighted by Crippen LogP contribution is 2.39. The van der Waals surface area contributed by atoms with Crippen LogP contribution in [0.3, 0.4) is 0 Å². The van der Waals surface area contributed by atoms with Crippen LogP contribution in [0, 0.1) is 18.3 Å². The van der Waals surface area contributed by atoms with E-state index in [9.17, 15) is 9.59 Å². The molecule has 0 bridgehead atoms. The highest BCUT2D eigenvalue weighted by atomic mass is 35.5. The van der Waals surface area contributed by atoms with Crippen LogP contribution in [0.5, 0.6) is 11.5 Å². The third kappa shape index (κ3) is 5.88. The lowest BCUT2D eigenvalue weighted by molar-refractivity contribution is -0.114. The molecule has 0 unspecified atom stereocenters. The lowest BCUT2D eigenvalue weighted by Crippen LogP contribution is -2.36. The van der Waals surface area contributed by atoms with Gasteiger partial charge in [0.1, 0.15) is 11.8 Å². The molecule has 3 aromatic rings. The first-order valence-corrected chi connectivity index (χ1v) is 10.3. The third-order valence-corrected chi connectivity index (χ3v) is 4.82. The van der Waals surface area contributed by atoms with E-state index in [4.69, 9.17) is 33.2 Å². The number of hydrogen-bond acceptors (Lipinski definition) is 8. The number of hydrogen-bond donors (Lipinski definition) is 2. The van der Waals surface area contributed by atoms with E-state index in [2.05, 4.69) is 20.2 Å². The molecule has 9 nitrogen and oxygen atoms in total. The van der Waals surface area contributed by atoms with Crippen LogP contribution in [0.2, 0.25) is 10.0 Å². The summed E-state index contributed by atoms with van der Waals surface area (Å²) in [6.45, 7) is 3.61. The molecule has 0 spiro atoms. The molecular formula is C22H17Cl2N5O4. The fourth-order valence-electron chi connectivity index (χ4n) is 2.73. The number of aromatic nitrogens is 1. The molecule has 0 radical (unpaired) electrons. The van der Waals surface area contributed by atoms with Gasteiger partial charge in [-0.25, -0.2) is 4.79 Å². The number of rotatable bonds is 6. The van der Waals surface area contributed by atoms with Gasteiger partial charge in [-0.3, -0.25) is 20.5 Å². The minimum absolute atomic E-state index is 0.0670. The zero-order valence-electron chi connectivity index (χ0n) is 17.5. The number of nitrogens with zero attached hydrogens (tertiary/aromatic N) is 3. The predicted octanol–water partition coefficient (Wildman–Crippen LogP) is 5.21. The molecule has 0 aliphatic heterocycles. The van der Waals surface area contributed by atoms with Crippen LogP contribution >= 0.6 is 23.2 Å². The average molecular weight is 486 g/mol. The second kappa shape index (κ2) is 10.6. The Balaban J connectivity index is 1.78. The molecule has 1 heterocycles. The summed E-state index contributed by atoms with van der Waals surface area (Å²) < 4.78 is 10.5. The van der Waals surface area contributed by atoms with Gasteiger partial charge in [0.25, 0.3) is 5.91 Å². The molecule has 0 aliphatic carbocycles. The van der Waals surface area contributed by atoms with Crippen molar-refractivity contribution in [3.8, 4) is 17.6 Å². The first kappa shape index (κ1) is 23.8. The van der Waals surface area contributed by atoms with Crippen molar-refractivity contribution in [3.05, 3.63) is 58.2 Å². The molecular weight excluding hydrogens is 469 g/mol. The van der Waals surface area contributed by atoms with Crippen molar-refractivity contribution < 1.29 is 19.1 Å². The Bertz CT molecular complexity index is 1280. The van der Waals surface area contributed by atoms with Crippen molar-refractivity contribution >= 4 is 57.5 Å². The fraction of sp³-hybridized carbons (Fsp3) is 0.136. The van der Waals surface area contributed by atoms with E-state index in [1.54, 1.807) is 25.3 Å². The number of ether oxygens (including phenoxy) is 2. The van der Waals surface area contributed by atoms with Crippen molar-refractivity contribution in [2.45, 2.75) is 13.8 Å². The number of aryl methyl sites for hydroxylation is 1. The number of nitrogens with one attached hydrogen (secondary N) is 2. The van der Waals surface area contributed by atoms with Crippen molar-refractivity contribution in [1.82, 2.24) is 10.3 Å². The van der Waals surface area contributed by atoms with E-state index in [-0.39, 0.29) is 28.1 Å².